The standard InChI is InChI=1S/C18H19F3O3S/c1-11(2)14-5-7-15(8-6-14)17-12(3)9-16(10-13(17)4)24-25(22,23)18(19,20)21/h5-11H,1-4H3. The van der Waals surface area contributed by atoms with Gasteiger partial charge in [-0.15, -0.1) is 0 Å². The van der Waals surface area contributed by atoms with Crippen LogP contribution in [0.25, 0.3) is 11.1 Å². The number of benzene rings is 2. The second kappa shape index (κ2) is 6.71. The van der Waals surface area contributed by atoms with Crippen molar-refractivity contribution in [3.63, 3.8) is 0 Å². The largest absolute Gasteiger partial charge is 0.534 e. The number of alkyl halides is 3. The summed E-state index contributed by atoms with van der Waals surface area (Å²) in [5.41, 5.74) is -1.28. The minimum Gasteiger partial charge on any atom is -0.376 e. The maximum atomic E-state index is 12.5. The first-order valence-electron chi connectivity index (χ1n) is 7.64. The molecule has 0 aliphatic carbocycles. The molecular weight excluding hydrogens is 353 g/mol. The van der Waals surface area contributed by atoms with Gasteiger partial charge in [0, 0.05) is 0 Å². The van der Waals surface area contributed by atoms with Crippen LogP contribution in [-0.4, -0.2) is 13.9 Å². The Morgan fingerprint density at radius 3 is 1.84 bits per heavy atom. The molecule has 0 N–H and O–H groups in total. The van der Waals surface area contributed by atoms with Gasteiger partial charge in [-0.25, -0.2) is 0 Å². The van der Waals surface area contributed by atoms with Crippen molar-refractivity contribution < 1.29 is 25.8 Å². The summed E-state index contributed by atoms with van der Waals surface area (Å²) in [5.74, 6) is 0.0365. The predicted octanol–water partition coefficient (Wildman–Crippen LogP) is 5.32. The lowest BCUT2D eigenvalue weighted by Gasteiger charge is -2.15. The maximum Gasteiger partial charge on any atom is 0.534 e. The first-order chi connectivity index (χ1) is 11.4. The summed E-state index contributed by atoms with van der Waals surface area (Å²) in [7, 11) is -5.68. The molecule has 0 aromatic heterocycles. The predicted molar refractivity (Wildman–Crippen MR) is 91.0 cm³/mol. The monoisotopic (exact) mass is 372 g/mol. The van der Waals surface area contributed by atoms with Crippen molar-refractivity contribution in [1.29, 1.82) is 0 Å². The van der Waals surface area contributed by atoms with E-state index in [0.29, 0.717) is 17.0 Å². The van der Waals surface area contributed by atoms with Crippen LogP contribution in [0.1, 0.15) is 36.5 Å². The van der Waals surface area contributed by atoms with Gasteiger partial charge in [0.1, 0.15) is 5.75 Å². The highest BCUT2D eigenvalue weighted by Gasteiger charge is 2.48. The minimum atomic E-state index is -5.68. The lowest BCUT2D eigenvalue weighted by atomic mass is 9.93. The van der Waals surface area contributed by atoms with Gasteiger partial charge in [0.2, 0.25) is 0 Å². The lowest BCUT2D eigenvalue weighted by molar-refractivity contribution is -0.0500. The number of rotatable bonds is 4. The van der Waals surface area contributed by atoms with Crippen molar-refractivity contribution >= 4 is 10.1 Å². The Bertz CT molecular complexity index is 844. The molecule has 7 heteroatoms. The van der Waals surface area contributed by atoms with Crippen LogP contribution in [0.2, 0.25) is 0 Å². The van der Waals surface area contributed by atoms with Gasteiger partial charge >= 0.3 is 15.6 Å². The van der Waals surface area contributed by atoms with Crippen LogP contribution in [-0.2, 0) is 10.1 Å². The Hall–Kier alpha value is -2.02. The Morgan fingerprint density at radius 1 is 0.960 bits per heavy atom. The zero-order valence-corrected chi connectivity index (χ0v) is 15.1. The summed E-state index contributed by atoms with van der Waals surface area (Å²) in [6.45, 7) is 7.56. The molecule has 0 heterocycles. The van der Waals surface area contributed by atoms with Gasteiger partial charge in [-0.3, -0.25) is 0 Å². The summed E-state index contributed by atoms with van der Waals surface area (Å²) < 4.78 is 63.9. The second-order valence-corrected chi connectivity index (χ2v) is 7.73. The molecule has 3 nitrogen and oxygen atoms in total. The van der Waals surface area contributed by atoms with E-state index in [-0.39, 0.29) is 5.75 Å². The molecule has 136 valence electrons. The molecule has 0 aliphatic rings. The molecule has 0 aliphatic heterocycles. The second-order valence-electron chi connectivity index (χ2n) is 6.19. The molecule has 0 fully saturated rings. The molecule has 0 atom stereocenters. The zero-order chi connectivity index (χ0) is 19.0. The van der Waals surface area contributed by atoms with E-state index < -0.39 is 15.6 Å². The summed E-state index contributed by atoms with van der Waals surface area (Å²) >= 11 is 0. The van der Waals surface area contributed by atoms with Crippen LogP contribution in [0.3, 0.4) is 0 Å². The van der Waals surface area contributed by atoms with E-state index in [1.54, 1.807) is 13.8 Å². The third-order valence-electron chi connectivity index (χ3n) is 3.86. The number of halogens is 3. The highest BCUT2D eigenvalue weighted by atomic mass is 32.2. The van der Waals surface area contributed by atoms with Crippen molar-refractivity contribution in [3.8, 4) is 16.9 Å². The molecule has 0 unspecified atom stereocenters. The quantitative estimate of drug-likeness (QED) is 0.539. The van der Waals surface area contributed by atoms with E-state index in [0.717, 1.165) is 11.1 Å². The van der Waals surface area contributed by atoms with Crippen molar-refractivity contribution in [3.05, 3.63) is 53.1 Å². The summed E-state index contributed by atoms with van der Waals surface area (Å²) in [6, 6.07) is 10.5. The summed E-state index contributed by atoms with van der Waals surface area (Å²) in [4.78, 5) is 0. The number of hydrogen-bond acceptors (Lipinski definition) is 3. The van der Waals surface area contributed by atoms with Gasteiger partial charge < -0.3 is 4.18 Å². The Kier molecular flexibility index (Phi) is 5.18. The van der Waals surface area contributed by atoms with E-state index in [4.69, 9.17) is 0 Å². The molecule has 0 saturated carbocycles. The van der Waals surface area contributed by atoms with Crippen molar-refractivity contribution in [2.75, 3.05) is 0 Å². The lowest BCUT2D eigenvalue weighted by Crippen LogP contribution is -2.28. The van der Waals surface area contributed by atoms with E-state index in [1.165, 1.54) is 17.7 Å². The fourth-order valence-electron chi connectivity index (χ4n) is 2.64. The molecule has 2 rings (SSSR count). The molecule has 25 heavy (non-hydrogen) atoms. The number of aryl methyl sites for hydroxylation is 2. The van der Waals surface area contributed by atoms with Gasteiger partial charge in [-0.05, 0) is 59.7 Å². The molecule has 2 aromatic carbocycles. The average molecular weight is 372 g/mol. The van der Waals surface area contributed by atoms with Crippen LogP contribution >= 0.6 is 0 Å². The topological polar surface area (TPSA) is 43.4 Å². The van der Waals surface area contributed by atoms with E-state index >= 15 is 0 Å². The average Bonchev–Trinajstić information content (AvgIpc) is 2.45. The molecular formula is C18H19F3O3S. The van der Waals surface area contributed by atoms with Crippen LogP contribution in [0, 0.1) is 13.8 Å². The summed E-state index contributed by atoms with van der Waals surface area (Å²) in [6.07, 6.45) is 0. The van der Waals surface area contributed by atoms with Crippen LogP contribution in [0.5, 0.6) is 5.75 Å². The molecule has 0 amide bonds. The van der Waals surface area contributed by atoms with E-state index in [9.17, 15) is 21.6 Å². The fourth-order valence-corrected chi connectivity index (χ4v) is 3.08. The van der Waals surface area contributed by atoms with Crippen molar-refractivity contribution in [1.82, 2.24) is 0 Å². The van der Waals surface area contributed by atoms with Gasteiger partial charge in [0.05, 0.1) is 0 Å². The van der Waals surface area contributed by atoms with Crippen LogP contribution in [0.15, 0.2) is 36.4 Å². The Labute approximate surface area is 145 Å². The Balaban J connectivity index is 2.41. The first-order valence-corrected chi connectivity index (χ1v) is 9.05. The van der Waals surface area contributed by atoms with Crippen molar-refractivity contribution in [2.24, 2.45) is 0 Å². The third-order valence-corrected chi connectivity index (χ3v) is 4.84. The molecule has 0 spiro atoms. The van der Waals surface area contributed by atoms with Crippen LogP contribution in [0.4, 0.5) is 13.2 Å². The molecule has 0 saturated heterocycles. The van der Waals surface area contributed by atoms with E-state index in [2.05, 4.69) is 18.0 Å². The van der Waals surface area contributed by atoms with Gasteiger partial charge in [-0.1, -0.05) is 38.1 Å². The zero-order valence-electron chi connectivity index (χ0n) is 14.3. The SMILES string of the molecule is Cc1cc(OS(=O)(=O)C(F)(F)F)cc(C)c1-c1ccc(C(C)C)cc1. The molecule has 0 bridgehead atoms. The smallest absolute Gasteiger partial charge is 0.376 e. The van der Waals surface area contributed by atoms with Gasteiger partial charge in [0.25, 0.3) is 0 Å². The number of hydrogen-bond donors (Lipinski definition) is 0. The minimum absolute atomic E-state index is 0.352. The van der Waals surface area contributed by atoms with Gasteiger partial charge in [0.15, 0.2) is 0 Å². The first kappa shape index (κ1) is 19.3. The summed E-state index contributed by atoms with van der Waals surface area (Å²) in [5, 5.41) is 0. The van der Waals surface area contributed by atoms with Gasteiger partial charge in [-0.2, -0.15) is 21.6 Å². The third kappa shape index (κ3) is 4.15. The highest BCUT2D eigenvalue weighted by molar-refractivity contribution is 7.88. The fraction of sp³-hybridized carbons (Fsp3) is 0.333. The van der Waals surface area contributed by atoms with Crippen LogP contribution < -0.4 is 4.18 Å². The highest BCUT2D eigenvalue weighted by Crippen LogP contribution is 2.34. The van der Waals surface area contributed by atoms with Crippen molar-refractivity contribution in [2.45, 2.75) is 39.1 Å². The molecule has 0 radical (unpaired) electrons. The molecule has 2 aromatic rings. The Morgan fingerprint density at radius 2 is 1.44 bits per heavy atom. The van der Waals surface area contributed by atoms with E-state index in [1.807, 2.05) is 24.3 Å². The maximum absolute atomic E-state index is 12.5. The normalized spacial score (nSPS) is 12.5.